The second kappa shape index (κ2) is 7.55. The highest BCUT2D eigenvalue weighted by molar-refractivity contribution is 7.71. The number of carbonyl (C=O) groups excluding carboxylic acids is 1. The zero-order valence-corrected chi connectivity index (χ0v) is 14.9. The maximum absolute atomic E-state index is 12.2. The van der Waals surface area contributed by atoms with Crippen LogP contribution in [0.5, 0.6) is 0 Å². The van der Waals surface area contributed by atoms with Crippen molar-refractivity contribution in [3.8, 4) is 10.7 Å². The van der Waals surface area contributed by atoms with Crippen LogP contribution < -0.4 is 5.32 Å². The summed E-state index contributed by atoms with van der Waals surface area (Å²) in [5, 5.41) is 12.1. The van der Waals surface area contributed by atoms with Gasteiger partial charge in [0.25, 0.3) is 0 Å². The molecule has 5 nitrogen and oxygen atoms in total. The minimum atomic E-state index is -0.0206. The van der Waals surface area contributed by atoms with Crippen LogP contribution in [-0.4, -0.2) is 20.7 Å². The van der Waals surface area contributed by atoms with E-state index < -0.39 is 0 Å². The Hall–Kier alpha value is -2.25. The smallest absolute Gasteiger partial charge is 0.222 e. The number of rotatable bonds is 6. The fourth-order valence-corrected chi connectivity index (χ4v) is 3.42. The van der Waals surface area contributed by atoms with Crippen LogP contribution in [0.4, 0.5) is 0 Å². The molecular formula is C17H18N4OS2. The van der Waals surface area contributed by atoms with Crippen molar-refractivity contribution >= 4 is 29.5 Å². The highest BCUT2D eigenvalue weighted by Gasteiger charge is 2.13. The SMILES string of the molecule is CC(NC(=O)CCn1c(-c2cccs2)n[nH]c1=S)c1ccccc1. The minimum absolute atomic E-state index is 0.00779. The maximum Gasteiger partial charge on any atom is 0.222 e. The van der Waals surface area contributed by atoms with E-state index in [1.54, 1.807) is 11.3 Å². The quantitative estimate of drug-likeness (QED) is 0.656. The number of aromatic nitrogens is 3. The Labute approximate surface area is 149 Å². The summed E-state index contributed by atoms with van der Waals surface area (Å²) in [6.07, 6.45) is 0.351. The van der Waals surface area contributed by atoms with E-state index in [-0.39, 0.29) is 11.9 Å². The molecule has 1 amide bonds. The van der Waals surface area contributed by atoms with Gasteiger partial charge in [-0.05, 0) is 36.2 Å². The van der Waals surface area contributed by atoms with Gasteiger partial charge in [0.15, 0.2) is 10.6 Å². The Morgan fingerprint density at radius 2 is 2.12 bits per heavy atom. The summed E-state index contributed by atoms with van der Waals surface area (Å²) in [6.45, 7) is 2.48. The normalized spacial score (nSPS) is 12.0. The van der Waals surface area contributed by atoms with Crippen molar-refractivity contribution in [3.05, 3.63) is 58.2 Å². The van der Waals surface area contributed by atoms with Crippen LogP contribution >= 0.6 is 23.6 Å². The van der Waals surface area contributed by atoms with E-state index >= 15 is 0 Å². The van der Waals surface area contributed by atoms with Gasteiger partial charge in [-0.2, -0.15) is 5.10 Å². The number of carbonyl (C=O) groups is 1. The van der Waals surface area contributed by atoms with Crippen molar-refractivity contribution in [3.63, 3.8) is 0 Å². The number of amides is 1. The lowest BCUT2D eigenvalue weighted by atomic mass is 10.1. The Bertz CT molecular complexity index is 852. The first-order chi connectivity index (χ1) is 11.6. The fraction of sp³-hybridized carbons (Fsp3) is 0.235. The van der Waals surface area contributed by atoms with E-state index in [1.807, 2.05) is 59.3 Å². The second-order valence-electron chi connectivity index (χ2n) is 5.43. The van der Waals surface area contributed by atoms with Gasteiger partial charge in [-0.25, -0.2) is 0 Å². The molecule has 0 bridgehead atoms. The molecule has 0 radical (unpaired) electrons. The first kappa shape index (κ1) is 16.6. The molecule has 124 valence electrons. The van der Waals surface area contributed by atoms with E-state index in [2.05, 4.69) is 15.5 Å². The van der Waals surface area contributed by atoms with Crippen molar-refractivity contribution in [2.24, 2.45) is 0 Å². The monoisotopic (exact) mass is 358 g/mol. The Morgan fingerprint density at radius 3 is 2.83 bits per heavy atom. The molecular weight excluding hydrogens is 340 g/mol. The molecule has 1 aromatic carbocycles. The molecule has 3 aromatic rings. The van der Waals surface area contributed by atoms with Crippen LogP contribution in [0.2, 0.25) is 0 Å². The number of hydrogen-bond donors (Lipinski definition) is 2. The van der Waals surface area contributed by atoms with Gasteiger partial charge in [-0.15, -0.1) is 11.3 Å². The third-order valence-electron chi connectivity index (χ3n) is 3.74. The minimum Gasteiger partial charge on any atom is -0.350 e. The highest BCUT2D eigenvalue weighted by Crippen LogP contribution is 2.23. The van der Waals surface area contributed by atoms with E-state index in [4.69, 9.17) is 12.2 Å². The van der Waals surface area contributed by atoms with Gasteiger partial charge in [-0.3, -0.25) is 14.5 Å². The summed E-state index contributed by atoms with van der Waals surface area (Å²) >= 11 is 6.88. The standard InChI is InChI=1S/C17H18N4OS2/c1-12(13-6-3-2-4-7-13)18-15(22)9-10-21-16(19-20-17(21)23)14-8-5-11-24-14/h2-8,11-12H,9-10H2,1H3,(H,18,22)(H,20,23). The number of nitrogens with zero attached hydrogens (tertiary/aromatic N) is 2. The van der Waals surface area contributed by atoms with Crippen molar-refractivity contribution in [1.29, 1.82) is 0 Å². The third-order valence-corrected chi connectivity index (χ3v) is 4.92. The van der Waals surface area contributed by atoms with Gasteiger partial charge >= 0.3 is 0 Å². The number of aromatic amines is 1. The average molecular weight is 358 g/mol. The fourth-order valence-electron chi connectivity index (χ4n) is 2.47. The lowest BCUT2D eigenvalue weighted by Crippen LogP contribution is -2.27. The molecule has 0 aliphatic heterocycles. The number of hydrogen-bond acceptors (Lipinski definition) is 4. The predicted octanol–water partition coefficient (Wildman–Crippen LogP) is 3.94. The summed E-state index contributed by atoms with van der Waals surface area (Å²) in [6, 6.07) is 13.8. The number of benzene rings is 1. The van der Waals surface area contributed by atoms with Crippen molar-refractivity contribution in [2.45, 2.75) is 25.9 Å². The molecule has 0 aliphatic carbocycles. The zero-order valence-electron chi connectivity index (χ0n) is 13.2. The first-order valence-corrected chi connectivity index (χ1v) is 8.97. The maximum atomic E-state index is 12.2. The van der Waals surface area contributed by atoms with Crippen LogP contribution in [0.1, 0.15) is 24.9 Å². The summed E-state index contributed by atoms with van der Waals surface area (Å²) in [5.74, 6) is 0.769. The molecule has 2 aromatic heterocycles. The second-order valence-corrected chi connectivity index (χ2v) is 6.77. The summed E-state index contributed by atoms with van der Waals surface area (Å²) < 4.78 is 2.40. The number of thiophene rings is 1. The summed E-state index contributed by atoms with van der Waals surface area (Å²) in [4.78, 5) is 13.3. The highest BCUT2D eigenvalue weighted by atomic mass is 32.1. The van der Waals surface area contributed by atoms with Crippen molar-refractivity contribution < 1.29 is 4.79 Å². The van der Waals surface area contributed by atoms with Gasteiger partial charge < -0.3 is 5.32 Å². The Kier molecular flexibility index (Phi) is 5.22. The van der Waals surface area contributed by atoms with E-state index in [0.717, 1.165) is 16.3 Å². The van der Waals surface area contributed by atoms with Crippen LogP contribution in [0, 0.1) is 4.77 Å². The topological polar surface area (TPSA) is 62.7 Å². The predicted molar refractivity (Wildman–Crippen MR) is 98.3 cm³/mol. The molecule has 7 heteroatoms. The lowest BCUT2D eigenvalue weighted by molar-refractivity contribution is -0.121. The van der Waals surface area contributed by atoms with E-state index in [9.17, 15) is 4.79 Å². The molecule has 0 spiro atoms. The first-order valence-electron chi connectivity index (χ1n) is 7.68. The molecule has 1 atom stereocenters. The van der Waals surface area contributed by atoms with E-state index in [0.29, 0.717) is 17.7 Å². The Morgan fingerprint density at radius 1 is 1.33 bits per heavy atom. The zero-order chi connectivity index (χ0) is 16.9. The van der Waals surface area contributed by atoms with Crippen LogP contribution in [-0.2, 0) is 11.3 Å². The van der Waals surface area contributed by atoms with Gasteiger partial charge in [0.1, 0.15) is 0 Å². The molecule has 0 fully saturated rings. The molecule has 0 saturated heterocycles. The van der Waals surface area contributed by atoms with Crippen LogP contribution in [0.15, 0.2) is 47.8 Å². The molecule has 0 saturated carbocycles. The van der Waals surface area contributed by atoms with Crippen LogP contribution in [0.25, 0.3) is 10.7 Å². The molecule has 3 rings (SSSR count). The number of nitrogens with one attached hydrogen (secondary N) is 2. The van der Waals surface area contributed by atoms with Crippen molar-refractivity contribution in [2.75, 3.05) is 0 Å². The van der Waals surface area contributed by atoms with Gasteiger partial charge in [0.2, 0.25) is 5.91 Å². The van der Waals surface area contributed by atoms with Crippen LogP contribution in [0.3, 0.4) is 0 Å². The van der Waals surface area contributed by atoms with E-state index in [1.165, 1.54) is 0 Å². The van der Waals surface area contributed by atoms with Gasteiger partial charge in [0, 0.05) is 13.0 Å². The molecule has 24 heavy (non-hydrogen) atoms. The Balaban J connectivity index is 1.63. The molecule has 1 unspecified atom stereocenters. The average Bonchev–Trinajstić information content (AvgIpc) is 3.23. The van der Waals surface area contributed by atoms with Gasteiger partial charge in [0.05, 0.1) is 10.9 Å². The van der Waals surface area contributed by atoms with Crippen molar-refractivity contribution in [1.82, 2.24) is 20.1 Å². The summed E-state index contributed by atoms with van der Waals surface area (Å²) in [7, 11) is 0. The lowest BCUT2D eigenvalue weighted by Gasteiger charge is -2.14. The van der Waals surface area contributed by atoms with Gasteiger partial charge in [-0.1, -0.05) is 36.4 Å². The largest absolute Gasteiger partial charge is 0.350 e. The molecule has 0 aliphatic rings. The number of H-pyrrole nitrogens is 1. The third kappa shape index (κ3) is 3.80. The molecule has 2 N–H and O–H groups in total. The molecule has 2 heterocycles. The summed E-state index contributed by atoms with van der Waals surface area (Å²) in [5.41, 5.74) is 1.09.